The Kier molecular flexibility index (Phi) is 3.60. The summed E-state index contributed by atoms with van der Waals surface area (Å²) < 4.78 is 0. The highest BCUT2D eigenvalue weighted by atomic mass is 16.4. The Morgan fingerprint density at radius 1 is 1.61 bits per heavy atom. The van der Waals surface area contributed by atoms with Crippen molar-refractivity contribution in [1.29, 1.82) is 0 Å². The average molecular weight is 247 g/mol. The highest BCUT2D eigenvalue weighted by molar-refractivity contribution is 5.96. The number of piperidine rings is 1. The summed E-state index contributed by atoms with van der Waals surface area (Å²) >= 11 is 0. The highest BCUT2D eigenvalue weighted by Crippen LogP contribution is 2.17. The zero-order chi connectivity index (χ0) is 13.1. The first-order valence-corrected chi connectivity index (χ1v) is 6.05. The normalized spacial score (nSPS) is 22.2. The van der Waals surface area contributed by atoms with E-state index in [0.29, 0.717) is 25.2 Å². The molecule has 2 rings (SSSR count). The Morgan fingerprint density at radius 3 is 3.00 bits per heavy atom. The third-order valence-electron chi connectivity index (χ3n) is 3.33. The molecule has 0 saturated carbocycles. The molecule has 5 heteroatoms. The monoisotopic (exact) mass is 247 g/mol. The molecular formula is C13H17N3O2. The number of nitrogens with zero attached hydrogens (tertiary/aromatic N) is 3. The van der Waals surface area contributed by atoms with Crippen molar-refractivity contribution in [3.05, 3.63) is 29.6 Å². The second-order valence-corrected chi connectivity index (χ2v) is 4.66. The molecule has 96 valence electrons. The number of hydrogen-bond acceptors (Lipinski definition) is 4. The first-order chi connectivity index (χ1) is 8.63. The van der Waals surface area contributed by atoms with Crippen molar-refractivity contribution < 1.29 is 10.0 Å². The Labute approximate surface area is 106 Å². The van der Waals surface area contributed by atoms with Crippen molar-refractivity contribution in [1.82, 2.24) is 9.88 Å². The molecule has 0 spiro atoms. The molecule has 5 nitrogen and oxygen atoms in total. The van der Waals surface area contributed by atoms with Gasteiger partial charge in [0.05, 0.1) is 5.71 Å². The van der Waals surface area contributed by atoms with Gasteiger partial charge in [-0.05, 0) is 18.6 Å². The fraction of sp³-hybridized carbons (Fsp3) is 0.462. The summed E-state index contributed by atoms with van der Waals surface area (Å²) in [5.74, 6) is 0.0497. The summed E-state index contributed by atoms with van der Waals surface area (Å²) in [5.41, 5.74) is 2.16. The summed E-state index contributed by atoms with van der Waals surface area (Å²) in [5, 5.41) is 12.1. The molecule has 0 radical (unpaired) electrons. The van der Waals surface area contributed by atoms with Crippen LogP contribution in [-0.2, 0) is 0 Å². The number of pyridine rings is 1. The summed E-state index contributed by atoms with van der Waals surface area (Å²) in [6, 6.07) is 3.70. The van der Waals surface area contributed by atoms with Gasteiger partial charge < -0.3 is 10.1 Å². The summed E-state index contributed by atoms with van der Waals surface area (Å²) in [6.45, 7) is 5.00. The first kappa shape index (κ1) is 12.5. The van der Waals surface area contributed by atoms with Gasteiger partial charge in [0.1, 0.15) is 5.69 Å². The van der Waals surface area contributed by atoms with Crippen LogP contribution in [0.25, 0.3) is 0 Å². The van der Waals surface area contributed by atoms with Crippen LogP contribution in [0.15, 0.2) is 23.5 Å². The van der Waals surface area contributed by atoms with Gasteiger partial charge in [-0.1, -0.05) is 18.1 Å². The van der Waals surface area contributed by atoms with Crippen LogP contribution in [0.3, 0.4) is 0 Å². The molecule has 1 fully saturated rings. The SMILES string of the molecule is Cc1cccnc1C(=O)N1CC/C(=N\O)C(C)C1. The number of hydrogen-bond donors (Lipinski definition) is 1. The maximum atomic E-state index is 12.3. The number of amides is 1. The molecule has 1 aromatic rings. The standard InChI is InChI=1S/C13H17N3O2/c1-9-4-3-6-14-12(9)13(17)16-7-5-11(15-18)10(2)8-16/h3-4,6,10,18H,5,7-8H2,1-2H3/b15-11+. The van der Waals surface area contributed by atoms with Gasteiger partial charge in [-0.3, -0.25) is 9.78 Å². The van der Waals surface area contributed by atoms with Crippen molar-refractivity contribution in [3.63, 3.8) is 0 Å². The highest BCUT2D eigenvalue weighted by Gasteiger charge is 2.27. The molecule has 1 aliphatic rings. The molecule has 2 heterocycles. The number of aromatic nitrogens is 1. The van der Waals surface area contributed by atoms with E-state index in [1.807, 2.05) is 26.0 Å². The topological polar surface area (TPSA) is 65.8 Å². The quantitative estimate of drug-likeness (QED) is 0.606. The third-order valence-corrected chi connectivity index (χ3v) is 3.33. The molecule has 0 aromatic carbocycles. The van der Waals surface area contributed by atoms with Crippen LogP contribution in [-0.4, -0.2) is 39.8 Å². The Balaban J connectivity index is 2.15. The predicted octanol–water partition coefficient (Wildman–Crippen LogP) is 1.70. The molecule has 1 atom stereocenters. The molecule has 1 aromatic heterocycles. The average Bonchev–Trinajstić information content (AvgIpc) is 2.38. The van der Waals surface area contributed by atoms with E-state index >= 15 is 0 Å². The van der Waals surface area contributed by atoms with Crippen LogP contribution in [0.5, 0.6) is 0 Å². The van der Waals surface area contributed by atoms with Gasteiger partial charge in [0.15, 0.2) is 0 Å². The second kappa shape index (κ2) is 5.16. The van der Waals surface area contributed by atoms with E-state index in [2.05, 4.69) is 10.1 Å². The Morgan fingerprint density at radius 2 is 2.39 bits per heavy atom. The number of carbonyl (C=O) groups excluding carboxylic acids is 1. The van der Waals surface area contributed by atoms with Gasteiger partial charge in [-0.15, -0.1) is 0 Å². The van der Waals surface area contributed by atoms with E-state index in [-0.39, 0.29) is 11.8 Å². The smallest absolute Gasteiger partial charge is 0.272 e. The molecular weight excluding hydrogens is 230 g/mol. The second-order valence-electron chi connectivity index (χ2n) is 4.66. The lowest BCUT2D eigenvalue weighted by molar-refractivity contribution is 0.0727. The van der Waals surface area contributed by atoms with E-state index in [0.717, 1.165) is 11.3 Å². The molecule has 1 unspecified atom stereocenters. The van der Waals surface area contributed by atoms with Crippen molar-refractivity contribution in [3.8, 4) is 0 Å². The zero-order valence-electron chi connectivity index (χ0n) is 10.6. The van der Waals surface area contributed by atoms with Gasteiger partial charge >= 0.3 is 0 Å². The minimum Gasteiger partial charge on any atom is -0.411 e. The number of likely N-dealkylation sites (tertiary alicyclic amines) is 1. The van der Waals surface area contributed by atoms with E-state index < -0.39 is 0 Å². The van der Waals surface area contributed by atoms with E-state index in [1.54, 1.807) is 11.1 Å². The molecule has 18 heavy (non-hydrogen) atoms. The van der Waals surface area contributed by atoms with Crippen LogP contribution >= 0.6 is 0 Å². The summed E-state index contributed by atoms with van der Waals surface area (Å²) in [6.07, 6.45) is 2.25. The van der Waals surface area contributed by atoms with Crippen molar-refractivity contribution in [2.24, 2.45) is 11.1 Å². The molecule has 1 N–H and O–H groups in total. The van der Waals surface area contributed by atoms with Crippen molar-refractivity contribution in [2.75, 3.05) is 13.1 Å². The number of oxime groups is 1. The Hall–Kier alpha value is -1.91. The van der Waals surface area contributed by atoms with Crippen LogP contribution in [0.2, 0.25) is 0 Å². The fourth-order valence-corrected chi connectivity index (χ4v) is 2.22. The lowest BCUT2D eigenvalue weighted by Gasteiger charge is -2.31. The minimum atomic E-state index is -0.0445. The summed E-state index contributed by atoms with van der Waals surface area (Å²) in [7, 11) is 0. The molecule has 1 amide bonds. The van der Waals surface area contributed by atoms with Crippen LogP contribution in [0, 0.1) is 12.8 Å². The maximum Gasteiger partial charge on any atom is 0.272 e. The minimum absolute atomic E-state index is 0.0445. The number of carbonyl (C=O) groups is 1. The molecule has 0 aliphatic carbocycles. The van der Waals surface area contributed by atoms with Gasteiger partial charge in [0, 0.05) is 31.6 Å². The van der Waals surface area contributed by atoms with Gasteiger partial charge in [0.25, 0.3) is 5.91 Å². The van der Waals surface area contributed by atoms with Crippen LogP contribution in [0.4, 0.5) is 0 Å². The first-order valence-electron chi connectivity index (χ1n) is 6.05. The van der Waals surface area contributed by atoms with E-state index in [4.69, 9.17) is 5.21 Å². The molecule has 1 saturated heterocycles. The summed E-state index contributed by atoms with van der Waals surface area (Å²) in [4.78, 5) is 18.2. The number of aryl methyl sites for hydroxylation is 1. The lowest BCUT2D eigenvalue weighted by Crippen LogP contribution is -2.43. The van der Waals surface area contributed by atoms with Crippen LogP contribution < -0.4 is 0 Å². The third kappa shape index (κ3) is 2.34. The molecule has 0 bridgehead atoms. The largest absolute Gasteiger partial charge is 0.411 e. The van der Waals surface area contributed by atoms with Crippen molar-refractivity contribution in [2.45, 2.75) is 20.3 Å². The number of rotatable bonds is 1. The van der Waals surface area contributed by atoms with E-state index in [1.165, 1.54) is 0 Å². The van der Waals surface area contributed by atoms with Gasteiger partial charge in [-0.25, -0.2) is 0 Å². The molecule has 1 aliphatic heterocycles. The maximum absolute atomic E-state index is 12.3. The van der Waals surface area contributed by atoms with Gasteiger partial charge in [-0.2, -0.15) is 0 Å². The van der Waals surface area contributed by atoms with Gasteiger partial charge in [0.2, 0.25) is 0 Å². The predicted molar refractivity (Wildman–Crippen MR) is 67.9 cm³/mol. The van der Waals surface area contributed by atoms with E-state index in [9.17, 15) is 4.79 Å². The van der Waals surface area contributed by atoms with Crippen LogP contribution in [0.1, 0.15) is 29.4 Å². The Bertz CT molecular complexity index is 485. The lowest BCUT2D eigenvalue weighted by atomic mass is 9.97. The zero-order valence-corrected chi connectivity index (χ0v) is 10.6. The van der Waals surface area contributed by atoms with Crippen molar-refractivity contribution >= 4 is 11.6 Å². The fourth-order valence-electron chi connectivity index (χ4n) is 2.22.